The summed E-state index contributed by atoms with van der Waals surface area (Å²) in [7, 11) is 1.30. The van der Waals surface area contributed by atoms with E-state index in [2.05, 4.69) is 15.9 Å². The van der Waals surface area contributed by atoms with Crippen LogP contribution in [-0.2, 0) is 5.41 Å². The van der Waals surface area contributed by atoms with E-state index in [1.807, 2.05) is 6.07 Å². The number of phenolic OH excluding ortho intramolecular Hbond substituents is 1. The minimum Gasteiger partial charge on any atom is -0.506 e. The molecule has 0 unspecified atom stereocenters. The van der Waals surface area contributed by atoms with E-state index in [1.165, 1.54) is 7.11 Å². The third kappa shape index (κ3) is 1.98. The van der Waals surface area contributed by atoms with Gasteiger partial charge in [0.1, 0.15) is 10.2 Å². The summed E-state index contributed by atoms with van der Waals surface area (Å²) >= 11 is 3.04. The molecule has 0 heterocycles. The molecule has 1 rings (SSSR count). The number of hydrogen-bond donors (Lipinski definition) is 1. The average molecular weight is 288 g/mol. The van der Waals surface area contributed by atoms with E-state index < -0.39 is 11.2 Å². The zero-order chi connectivity index (χ0) is 12.5. The molecule has 1 aromatic carbocycles. The summed E-state index contributed by atoms with van der Waals surface area (Å²) in [5.74, 6) is -0.870. The standard InChI is InChI=1S/C11H11BrFNO2/c1-11(2,5-14)6-4-7(13)10(16-3)8(12)9(6)15/h4,15H,1-3H3. The summed E-state index contributed by atoms with van der Waals surface area (Å²) in [6.07, 6.45) is 0. The third-order valence-electron chi connectivity index (χ3n) is 2.31. The van der Waals surface area contributed by atoms with E-state index in [0.717, 1.165) is 6.07 Å². The highest BCUT2D eigenvalue weighted by Crippen LogP contribution is 2.42. The van der Waals surface area contributed by atoms with Gasteiger partial charge >= 0.3 is 0 Å². The molecule has 0 aliphatic heterocycles. The van der Waals surface area contributed by atoms with Crippen LogP contribution < -0.4 is 4.74 Å². The summed E-state index contributed by atoms with van der Waals surface area (Å²) in [5, 5.41) is 18.8. The number of nitriles is 1. The van der Waals surface area contributed by atoms with E-state index in [9.17, 15) is 9.50 Å². The molecule has 0 bridgehead atoms. The molecule has 5 heteroatoms. The number of methoxy groups -OCH3 is 1. The SMILES string of the molecule is COc1c(F)cc(C(C)(C)C#N)c(O)c1Br. The molecule has 0 fully saturated rings. The second-order valence-electron chi connectivity index (χ2n) is 3.84. The van der Waals surface area contributed by atoms with Crippen LogP contribution in [0.15, 0.2) is 10.5 Å². The third-order valence-corrected chi connectivity index (χ3v) is 3.04. The van der Waals surface area contributed by atoms with Crippen LogP contribution in [0.5, 0.6) is 11.5 Å². The van der Waals surface area contributed by atoms with Gasteiger partial charge in [0.05, 0.1) is 18.6 Å². The van der Waals surface area contributed by atoms with Crippen molar-refractivity contribution in [1.82, 2.24) is 0 Å². The highest BCUT2D eigenvalue weighted by Gasteiger charge is 2.28. The molecule has 1 aromatic rings. The molecule has 0 spiro atoms. The van der Waals surface area contributed by atoms with Gasteiger partial charge in [-0.3, -0.25) is 0 Å². The first kappa shape index (κ1) is 12.8. The minimum atomic E-state index is -0.973. The molecule has 0 saturated heterocycles. The lowest BCUT2D eigenvalue weighted by atomic mass is 9.85. The van der Waals surface area contributed by atoms with E-state index in [0.29, 0.717) is 0 Å². The van der Waals surface area contributed by atoms with Crippen molar-refractivity contribution in [2.24, 2.45) is 0 Å². The number of hydrogen-bond acceptors (Lipinski definition) is 3. The summed E-state index contributed by atoms with van der Waals surface area (Å²) in [5.41, 5.74) is -0.750. The average Bonchev–Trinajstić information content (AvgIpc) is 2.24. The highest BCUT2D eigenvalue weighted by molar-refractivity contribution is 9.10. The largest absolute Gasteiger partial charge is 0.506 e. The van der Waals surface area contributed by atoms with Crippen LogP contribution in [0, 0.1) is 17.1 Å². The molecule has 0 aromatic heterocycles. The Bertz CT molecular complexity index is 466. The molecule has 0 radical (unpaired) electrons. The van der Waals surface area contributed by atoms with Gasteiger partial charge in [-0.25, -0.2) is 4.39 Å². The molecule has 3 nitrogen and oxygen atoms in total. The normalized spacial score (nSPS) is 11.0. The predicted octanol–water partition coefficient (Wildman–Crippen LogP) is 3.10. The molecule has 0 atom stereocenters. The summed E-state index contributed by atoms with van der Waals surface area (Å²) in [6, 6.07) is 3.12. The minimum absolute atomic E-state index is 0.0741. The van der Waals surface area contributed by atoms with Gasteiger partial charge in [-0.1, -0.05) is 0 Å². The summed E-state index contributed by atoms with van der Waals surface area (Å²) < 4.78 is 18.5. The monoisotopic (exact) mass is 287 g/mol. The molecule has 0 amide bonds. The van der Waals surface area contributed by atoms with Gasteiger partial charge < -0.3 is 9.84 Å². The Labute approximate surface area is 102 Å². The van der Waals surface area contributed by atoms with Gasteiger partial charge in [0.15, 0.2) is 11.6 Å². The molecule has 0 aliphatic rings. The predicted molar refractivity (Wildman–Crippen MR) is 61.0 cm³/mol. The second kappa shape index (κ2) is 4.30. The fourth-order valence-electron chi connectivity index (χ4n) is 1.32. The number of rotatable bonds is 2. The Morgan fingerprint density at radius 1 is 1.56 bits per heavy atom. The number of ether oxygens (including phenoxy) is 1. The zero-order valence-electron chi connectivity index (χ0n) is 9.14. The Morgan fingerprint density at radius 2 is 2.12 bits per heavy atom. The summed E-state index contributed by atoms with van der Waals surface area (Å²) in [4.78, 5) is 0. The lowest BCUT2D eigenvalue weighted by molar-refractivity contribution is 0.373. The van der Waals surface area contributed by atoms with Crippen LogP contribution in [0.2, 0.25) is 0 Å². The van der Waals surface area contributed by atoms with Crippen LogP contribution in [-0.4, -0.2) is 12.2 Å². The molecule has 86 valence electrons. The first-order valence-electron chi connectivity index (χ1n) is 4.51. The Hall–Kier alpha value is -1.28. The van der Waals surface area contributed by atoms with Crippen molar-refractivity contribution in [1.29, 1.82) is 5.26 Å². The van der Waals surface area contributed by atoms with Crippen LogP contribution in [0.4, 0.5) is 4.39 Å². The maximum Gasteiger partial charge on any atom is 0.172 e. The number of aromatic hydroxyl groups is 1. The number of nitrogens with zero attached hydrogens (tertiary/aromatic N) is 1. The van der Waals surface area contributed by atoms with Gasteiger partial charge in [-0.05, 0) is 35.8 Å². The maximum absolute atomic E-state index is 13.6. The van der Waals surface area contributed by atoms with Crippen LogP contribution >= 0.6 is 15.9 Å². The lowest BCUT2D eigenvalue weighted by Gasteiger charge is -2.19. The van der Waals surface area contributed by atoms with E-state index >= 15 is 0 Å². The van der Waals surface area contributed by atoms with Gasteiger partial charge in [0.25, 0.3) is 0 Å². The van der Waals surface area contributed by atoms with Gasteiger partial charge in [0.2, 0.25) is 0 Å². The summed E-state index contributed by atoms with van der Waals surface area (Å²) in [6.45, 7) is 3.20. The number of benzene rings is 1. The Kier molecular flexibility index (Phi) is 3.44. The van der Waals surface area contributed by atoms with Gasteiger partial charge in [0, 0.05) is 5.56 Å². The Balaban J connectivity index is 3.53. The van der Waals surface area contributed by atoms with Crippen molar-refractivity contribution in [3.8, 4) is 17.6 Å². The van der Waals surface area contributed by atoms with E-state index in [-0.39, 0.29) is 21.5 Å². The fraction of sp³-hybridized carbons (Fsp3) is 0.364. The fourth-order valence-corrected chi connectivity index (χ4v) is 1.88. The number of phenols is 1. The van der Waals surface area contributed by atoms with Crippen molar-refractivity contribution in [3.63, 3.8) is 0 Å². The molecular formula is C11H11BrFNO2. The van der Waals surface area contributed by atoms with Crippen molar-refractivity contribution in [2.45, 2.75) is 19.3 Å². The van der Waals surface area contributed by atoms with Crippen LogP contribution in [0.1, 0.15) is 19.4 Å². The second-order valence-corrected chi connectivity index (χ2v) is 4.63. The molecular weight excluding hydrogens is 277 g/mol. The van der Waals surface area contributed by atoms with Crippen molar-refractivity contribution in [2.75, 3.05) is 7.11 Å². The van der Waals surface area contributed by atoms with Crippen molar-refractivity contribution < 1.29 is 14.2 Å². The smallest absolute Gasteiger partial charge is 0.172 e. The van der Waals surface area contributed by atoms with Gasteiger partial charge in [-0.2, -0.15) is 5.26 Å². The lowest BCUT2D eigenvalue weighted by Crippen LogP contribution is -2.15. The van der Waals surface area contributed by atoms with E-state index in [1.54, 1.807) is 13.8 Å². The van der Waals surface area contributed by atoms with Crippen molar-refractivity contribution in [3.05, 3.63) is 21.9 Å². The first-order chi connectivity index (χ1) is 7.35. The molecule has 0 saturated carbocycles. The molecule has 0 aliphatic carbocycles. The Morgan fingerprint density at radius 3 is 2.56 bits per heavy atom. The number of halogens is 2. The van der Waals surface area contributed by atoms with Crippen molar-refractivity contribution >= 4 is 15.9 Å². The highest BCUT2D eigenvalue weighted by atomic mass is 79.9. The van der Waals surface area contributed by atoms with Crippen LogP contribution in [0.3, 0.4) is 0 Å². The van der Waals surface area contributed by atoms with Crippen LogP contribution in [0.25, 0.3) is 0 Å². The maximum atomic E-state index is 13.6. The molecule has 16 heavy (non-hydrogen) atoms. The zero-order valence-corrected chi connectivity index (χ0v) is 10.7. The first-order valence-corrected chi connectivity index (χ1v) is 5.31. The topological polar surface area (TPSA) is 53.2 Å². The molecule has 1 N–H and O–H groups in total. The quantitative estimate of drug-likeness (QED) is 0.909. The van der Waals surface area contributed by atoms with E-state index in [4.69, 9.17) is 10.00 Å². The van der Waals surface area contributed by atoms with Gasteiger partial charge in [-0.15, -0.1) is 0 Å².